The summed E-state index contributed by atoms with van der Waals surface area (Å²) in [6.07, 6.45) is 0. The molecule has 0 spiro atoms. The Morgan fingerprint density at radius 2 is 2.00 bits per heavy atom. The first-order valence-electron chi connectivity index (χ1n) is 4.85. The lowest BCUT2D eigenvalue weighted by Crippen LogP contribution is -1.97. The molecule has 0 aliphatic carbocycles. The fourth-order valence-corrected chi connectivity index (χ4v) is 3.42. The molecule has 3 rings (SSSR count). The molecule has 1 aliphatic rings. The van der Waals surface area contributed by atoms with Gasteiger partial charge in [0.2, 0.25) is 0 Å². The van der Waals surface area contributed by atoms with Crippen LogP contribution in [0.25, 0.3) is 5.69 Å². The molecule has 0 N–H and O–H groups in total. The van der Waals surface area contributed by atoms with Crippen molar-refractivity contribution < 1.29 is 0 Å². The fourth-order valence-electron chi connectivity index (χ4n) is 1.73. The summed E-state index contributed by atoms with van der Waals surface area (Å²) in [5.74, 6) is 1.95. The van der Waals surface area contributed by atoms with Gasteiger partial charge in [0.15, 0.2) is 0 Å². The normalized spacial score (nSPS) is 14.1. The van der Waals surface area contributed by atoms with Crippen LogP contribution >= 0.6 is 39.3 Å². The molecule has 2 aromatic rings. The zero-order chi connectivity index (χ0) is 11.1. The summed E-state index contributed by atoms with van der Waals surface area (Å²) in [7, 11) is 0. The average Bonchev–Trinajstić information content (AvgIpc) is 2.84. The van der Waals surface area contributed by atoms with Crippen molar-refractivity contribution in [2.75, 3.05) is 0 Å². The Kier molecular flexibility index (Phi) is 2.73. The van der Waals surface area contributed by atoms with Crippen molar-refractivity contribution in [3.8, 4) is 5.69 Å². The molecule has 1 aromatic carbocycles. The second kappa shape index (κ2) is 4.09. The highest BCUT2D eigenvalue weighted by Gasteiger charge is 2.21. The first-order valence-corrected chi connectivity index (χ1v) is 7.18. The Morgan fingerprint density at radius 3 is 2.69 bits per heavy atom. The van der Waals surface area contributed by atoms with E-state index < -0.39 is 0 Å². The average molecular weight is 316 g/mol. The van der Waals surface area contributed by atoms with Gasteiger partial charge >= 0.3 is 0 Å². The smallest absolute Gasteiger partial charge is 0.137 e. The largest absolute Gasteiger partial charge is 0.222 e. The molecule has 16 heavy (non-hydrogen) atoms. The summed E-state index contributed by atoms with van der Waals surface area (Å²) in [4.78, 5) is 0. The van der Waals surface area contributed by atoms with Crippen molar-refractivity contribution in [3.05, 3.63) is 45.1 Å². The lowest BCUT2D eigenvalue weighted by Gasteiger charge is -2.03. The Hall–Kier alpha value is -0.450. The van der Waals surface area contributed by atoms with Gasteiger partial charge in [0.05, 0.1) is 11.4 Å². The molecule has 0 amide bonds. The number of nitrogens with zero attached hydrogens (tertiary/aromatic N) is 2. The van der Waals surface area contributed by atoms with Crippen LogP contribution in [0.2, 0.25) is 5.15 Å². The van der Waals surface area contributed by atoms with E-state index in [1.54, 1.807) is 0 Å². The molecule has 0 bridgehead atoms. The maximum Gasteiger partial charge on any atom is 0.137 e. The van der Waals surface area contributed by atoms with E-state index in [9.17, 15) is 0 Å². The van der Waals surface area contributed by atoms with E-state index in [0.29, 0.717) is 0 Å². The molecule has 0 saturated heterocycles. The Labute approximate surface area is 111 Å². The third kappa shape index (κ3) is 1.69. The number of thioether (sulfide) groups is 1. The quantitative estimate of drug-likeness (QED) is 0.790. The summed E-state index contributed by atoms with van der Waals surface area (Å²) < 4.78 is 2.88. The SMILES string of the molecule is Clc1c2c(nn1-c1ccc(Br)cc1)CSC2. The number of aromatic nitrogens is 2. The molecular formula is C11H8BrClN2S. The van der Waals surface area contributed by atoms with Crippen LogP contribution in [0.1, 0.15) is 11.3 Å². The predicted octanol–water partition coefficient (Wildman–Crippen LogP) is 4.04. The van der Waals surface area contributed by atoms with Crippen molar-refractivity contribution in [2.45, 2.75) is 11.5 Å². The Balaban J connectivity index is 2.10. The van der Waals surface area contributed by atoms with Crippen LogP contribution in [0.15, 0.2) is 28.7 Å². The van der Waals surface area contributed by atoms with Crippen molar-refractivity contribution in [1.29, 1.82) is 0 Å². The topological polar surface area (TPSA) is 17.8 Å². The van der Waals surface area contributed by atoms with Crippen LogP contribution in [0.3, 0.4) is 0 Å². The molecule has 1 aliphatic heterocycles. The zero-order valence-corrected chi connectivity index (χ0v) is 11.4. The van der Waals surface area contributed by atoms with Gasteiger partial charge < -0.3 is 0 Å². The molecule has 0 radical (unpaired) electrons. The monoisotopic (exact) mass is 314 g/mol. The lowest BCUT2D eigenvalue weighted by atomic mass is 10.3. The highest BCUT2D eigenvalue weighted by atomic mass is 79.9. The van der Waals surface area contributed by atoms with E-state index in [1.807, 2.05) is 40.7 Å². The summed E-state index contributed by atoms with van der Waals surface area (Å²) in [6.45, 7) is 0. The summed E-state index contributed by atoms with van der Waals surface area (Å²) >= 11 is 11.6. The standard InChI is InChI=1S/C11H8BrClN2S/c12-7-1-3-8(4-2-7)15-11(13)9-5-16-6-10(9)14-15/h1-4H,5-6H2. The van der Waals surface area contributed by atoms with Crippen LogP contribution in [0, 0.1) is 0 Å². The number of fused-ring (bicyclic) bond motifs is 1. The third-order valence-electron chi connectivity index (χ3n) is 2.56. The molecule has 5 heteroatoms. The number of halogens is 2. The first-order chi connectivity index (χ1) is 7.75. The van der Waals surface area contributed by atoms with Crippen LogP contribution in [-0.2, 0) is 11.5 Å². The van der Waals surface area contributed by atoms with Crippen LogP contribution in [0.5, 0.6) is 0 Å². The number of rotatable bonds is 1. The van der Waals surface area contributed by atoms with Crippen molar-refractivity contribution in [1.82, 2.24) is 9.78 Å². The molecule has 0 saturated carbocycles. The van der Waals surface area contributed by atoms with Gasteiger partial charge in [0.25, 0.3) is 0 Å². The molecule has 1 aromatic heterocycles. The molecule has 0 unspecified atom stereocenters. The Morgan fingerprint density at radius 1 is 1.25 bits per heavy atom. The first kappa shape index (κ1) is 10.7. The Bertz CT molecular complexity index is 536. The maximum atomic E-state index is 6.32. The van der Waals surface area contributed by atoms with Gasteiger partial charge in [-0.1, -0.05) is 27.5 Å². The van der Waals surface area contributed by atoms with Gasteiger partial charge in [-0.25, -0.2) is 4.68 Å². The van der Waals surface area contributed by atoms with Crippen LogP contribution < -0.4 is 0 Å². The van der Waals surface area contributed by atoms with Gasteiger partial charge in [-0.15, -0.1) is 0 Å². The highest BCUT2D eigenvalue weighted by Crippen LogP contribution is 2.35. The number of hydrogen-bond donors (Lipinski definition) is 0. The summed E-state index contributed by atoms with van der Waals surface area (Å²) in [5, 5.41) is 5.29. The van der Waals surface area contributed by atoms with Gasteiger partial charge in [-0.05, 0) is 24.3 Å². The maximum absolute atomic E-state index is 6.32. The summed E-state index contributed by atoms with van der Waals surface area (Å²) in [6, 6.07) is 8.00. The van der Waals surface area contributed by atoms with Gasteiger partial charge in [0, 0.05) is 21.5 Å². The van der Waals surface area contributed by atoms with Gasteiger partial charge in [-0.3, -0.25) is 0 Å². The number of hydrogen-bond acceptors (Lipinski definition) is 2. The fraction of sp³-hybridized carbons (Fsp3) is 0.182. The van der Waals surface area contributed by atoms with E-state index >= 15 is 0 Å². The van der Waals surface area contributed by atoms with Gasteiger partial charge in [-0.2, -0.15) is 16.9 Å². The zero-order valence-electron chi connectivity index (χ0n) is 8.28. The van der Waals surface area contributed by atoms with E-state index in [0.717, 1.165) is 32.5 Å². The van der Waals surface area contributed by atoms with Gasteiger partial charge in [0.1, 0.15) is 5.15 Å². The summed E-state index contributed by atoms with van der Waals surface area (Å²) in [5.41, 5.74) is 3.32. The molecule has 0 atom stereocenters. The molecular weight excluding hydrogens is 308 g/mol. The second-order valence-corrected chi connectivity index (χ2v) is 5.86. The van der Waals surface area contributed by atoms with Crippen molar-refractivity contribution >= 4 is 39.3 Å². The molecule has 2 nitrogen and oxygen atoms in total. The van der Waals surface area contributed by atoms with E-state index in [4.69, 9.17) is 11.6 Å². The highest BCUT2D eigenvalue weighted by molar-refractivity contribution is 9.10. The molecule has 0 fully saturated rings. The second-order valence-electron chi connectivity index (χ2n) is 3.60. The number of benzene rings is 1. The lowest BCUT2D eigenvalue weighted by molar-refractivity contribution is 0.860. The minimum absolute atomic E-state index is 0.752. The van der Waals surface area contributed by atoms with Crippen molar-refractivity contribution in [2.24, 2.45) is 0 Å². The minimum atomic E-state index is 0.752. The molecule has 2 heterocycles. The predicted molar refractivity (Wildman–Crippen MR) is 71.3 cm³/mol. The van der Waals surface area contributed by atoms with E-state index in [-0.39, 0.29) is 0 Å². The third-order valence-corrected chi connectivity index (χ3v) is 4.45. The minimum Gasteiger partial charge on any atom is -0.222 e. The van der Waals surface area contributed by atoms with Crippen LogP contribution in [-0.4, -0.2) is 9.78 Å². The van der Waals surface area contributed by atoms with Crippen LogP contribution in [0.4, 0.5) is 0 Å². The van der Waals surface area contributed by atoms with E-state index in [1.165, 1.54) is 5.56 Å². The van der Waals surface area contributed by atoms with Crippen molar-refractivity contribution in [3.63, 3.8) is 0 Å². The van der Waals surface area contributed by atoms with E-state index in [2.05, 4.69) is 21.0 Å². The molecule has 82 valence electrons.